The van der Waals surface area contributed by atoms with Crippen LogP contribution in [0.4, 0.5) is 5.69 Å². The van der Waals surface area contributed by atoms with Crippen LogP contribution in [0.3, 0.4) is 0 Å². The van der Waals surface area contributed by atoms with Crippen LogP contribution >= 0.6 is 0 Å². The van der Waals surface area contributed by atoms with Crippen molar-refractivity contribution in [3.8, 4) is 11.5 Å². The van der Waals surface area contributed by atoms with E-state index in [4.69, 9.17) is 15.2 Å². The third-order valence-corrected chi connectivity index (χ3v) is 5.40. The van der Waals surface area contributed by atoms with E-state index < -0.39 is 9.84 Å². The fourth-order valence-corrected chi connectivity index (χ4v) is 3.72. The van der Waals surface area contributed by atoms with E-state index in [0.717, 1.165) is 11.1 Å². The number of nitrogen functional groups attached to an aromatic ring is 1. The van der Waals surface area contributed by atoms with Crippen molar-refractivity contribution in [2.24, 2.45) is 0 Å². The van der Waals surface area contributed by atoms with Gasteiger partial charge in [-0.3, -0.25) is 9.97 Å². The maximum atomic E-state index is 11.3. The molecule has 0 unspecified atom stereocenters. The Labute approximate surface area is 200 Å². The SMILES string of the molecule is CS(=O)(=O)Cc1cnccc1OCc1ccccc1.Nc1cnccc1OCc1ccccc1. The zero-order valence-electron chi connectivity index (χ0n) is 18.9. The van der Waals surface area contributed by atoms with E-state index in [1.807, 2.05) is 60.7 Å². The first-order valence-electron chi connectivity index (χ1n) is 10.5. The Morgan fingerprint density at radius 2 is 1.24 bits per heavy atom. The Hall–Kier alpha value is -3.91. The Morgan fingerprint density at radius 1 is 0.735 bits per heavy atom. The summed E-state index contributed by atoms with van der Waals surface area (Å²) in [5.41, 5.74) is 9.00. The van der Waals surface area contributed by atoms with Crippen LogP contribution in [0.25, 0.3) is 0 Å². The molecule has 34 heavy (non-hydrogen) atoms. The highest BCUT2D eigenvalue weighted by Crippen LogP contribution is 2.21. The molecule has 0 saturated carbocycles. The van der Waals surface area contributed by atoms with Crippen molar-refractivity contribution in [2.75, 3.05) is 12.0 Å². The van der Waals surface area contributed by atoms with Crippen LogP contribution in [0.15, 0.2) is 97.6 Å². The van der Waals surface area contributed by atoms with E-state index in [2.05, 4.69) is 9.97 Å². The second-order valence-electron chi connectivity index (χ2n) is 7.52. The lowest BCUT2D eigenvalue weighted by molar-refractivity contribution is 0.303. The van der Waals surface area contributed by atoms with E-state index >= 15 is 0 Å². The summed E-state index contributed by atoms with van der Waals surface area (Å²) in [7, 11) is -3.10. The van der Waals surface area contributed by atoms with Crippen LogP contribution in [-0.4, -0.2) is 24.6 Å². The van der Waals surface area contributed by atoms with E-state index in [9.17, 15) is 8.42 Å². The average Bonchev–Trinajstić information content (AvgIpc) is 2.84. The predicted molar refractivity (Wildman–Crippen MR) is 133 cm³/mol. The summed E-state index contributed by atoms with van der Waals surface area (Å²) < 4.78 is 33.9. The van der Waals surface area contributed by atoms with E-state index in [1.165, 1.54) is 12.5 Å². The van der Waals surface area contributed by atoms with Crippen molar-refractivity contribution in [1.82, 2.24) is 9.97 Å². The van der Waals surface area contributed by atoms with Gasteiger partial charge >= 0.3 is 0 Å². The summed E-state index contributed by atoms with van der Waals surface area (Å²) in [4.78, 5) is 7.83. The zero-order chi connectivity index (χ0) is 24.2. The number of nitrogens with zero attached hydrogens (tertiary/aromatic N) is 2. The van der Waals surface area contributed by atoms with Crippen molar-refractivity contribution in [3.05, 3.63) is 114 Å². The molecule has 4 aromatic rings. The van der Waals surface area contributed by atoms with Gasteiger partial charge in [-0.25, -0.2) is 8.42 Å². The molecular formula is C26H27N3O4S. The van der Waals surface area contributed by atoms with Crippen LogP contribution in [0.1, 0.15) is 16.7 Å². The van der Waals surface area contributed by atoms with Crippen molar-refractivity contribution in [1.29, 1.82) is 0 Å². The number of ether oxygens (including phenoxy) is 2. The molecule has 0 aliphatic rings. The number of anilines is 1. The number of pyridine rings is 2. The maximum Gasteiger partial charge on any atom is 0.151 e. The highest BCUT2D eigenvalue weighted by molar-refractivity contribution is 7.89. The van der Waals surface area contributed by atoms with Gasteiger partial charge in [0.15, 0.2) is 9.84 Å². The highest BCUT2D eigenvalue weighted by atomic mass is 32.2. The molecule has 4 rings (SSSR count). The quantitative estimate of drug-likeness (QED) is 0.400. The Balaban J connectivity index is 0.000000196. The molecule has 0 fully saturated rings. The molecule has 0 bridgehead atoms. The number of hydrogen-bond donors (Lipinski definition) is 1. The van der Waals surface area contributed by atoms with Crippen molar-refractivity contribution >= 4 is 15.5 Å². The minimum atomic E-state index is -3.10. The summed E-state index contributed by atoms with van der Waals surface area (Å²) in [5, 5.41) is 0. The fraction of sp³-hybridized carbons (Fsp3) is 0.154. The van der Waals surface area contributed by atoms with Crippen LogP contribution in [0.2, 0.25) is 0 Å². The molecule has 176 valence electrons. The Kier molecular flexibility index (Phi) is 8.99. The summed E-state index contributed by atoms with van der Waals surface area (Å²) in [6.07, 6.45) is 7.56. The molecule has 2 heterocycles. The molecule has 2 aromatic carbocycles. The van der Waals surface area contributed by atoms with Crippen molar-refractivity contribution in [3.63, 3.8) is 0 Å². The second kappa shape index (κ2) is 12.4. The Bertz CT molecular complexity index is 1270. The monoisotopic (exact) mass is 477 g/mol. The summed E-state index contributed by atoms with van der Waals surface area (Å²) >= 11 is 0. The normalized spacial score (nSPS) is 10.6. The van der Waals surface area contributed by atoms with Gasteiger partial charge in [-0.05, 0) is 17.2 Å². The van der Waals surface area contributed by atoms with E-state index in [-0.39, 0.29) is 5.75 Å². The van der Waals surface area contributed by atoms with Crippen LogP contribution in [0, 0.1) is 0 Å². The van der Waals surface area contributed by atoms with Crippen LogP contribution in [-0.2, 0) is 28.8 Å². The standard InChI is InChI=1S/C14H15NO3S.C12H12N2O/c1-19(16,17)11-13-9-15-8-7-14(13)18-10-12-5-3-2-4-6-12;13-11-8-14-7-6-12(11)15-9-10-4-2-1-3-5-10/h2-9H,10-11H2,1H3;1-8H,9,13H2. The van der Waals surface area contributed by atoms with Gasteiger partial charge in [0.05, 0.1) is 17.6 Å². The summed E-state index contributed by atoms with van der Waals surface area (Å²) in [6.45, 7) is 0.927. The number of aromatic nitrogens is 2. The average molecular weight is 478 g/mol. The molecule has 0 spiro atoms. The maximum absolute atomic E-state index is 11.3. The van der Waals surface area contributed by atoms with Gasteiger partial charge in [-0.15, -0.1) is 0 Å². The highest BCUT2D eigenvalue weighted by Gasteiger charge is 2.10. The van der Waals surface area contributed by atoms with Crippen molar-refractivity contribution in [2.45, 2.75) is 19.0 Å². The van der Waals surface area contributed by atoms with Crippen LogP contribution in [0.5, 0.6) is 11.5 Å². The molecule has 0 atom stereocenters. The number of sulfone groups is 1. The third-order valence-electron chi connectivity index (χ3n) is 4.56. The van der Waals surface area contributed by atoms with Gasteiger partial charge in [0, 0.05) is 36.5 Å². The van der Waals surface area contributed by atoms with Gasteiger partial charge in [0.25, 0.3) is 0 Å². The minimum absolute atomic E-state index is 0.0645. The zero-order valence-corrected chi connectivity index (χ0v) is 19.7. The summed E-state index contributed by atoms with van der Waals surface area (Å²) in [6, 6.07) is 23.1. The van der Waals surface area contributed by atoms with E-state index in [1.54, 1.807) is 30.7 Å². The molecular weight excluding hydrogens is 450 g/mol. The van der Waals surface area contributed by atoms with Gasteiger partial charge in [-0.2, -0.15) is 0 Å². The lowest BCUT2D eigenvalue weighted by Crippen LogP contribution is -2.04. The number of rotatable bonds is 8. The Morgan fingerprint density at radius 3 is 1.76 bits per heavy atom. The smallest absolute Gasteiger partial charge is 0.151 e. The number of benzene rings is 2. The molecule has 8 heteroatoms. The van der Waals surface area contributed by atoms with Gasteiger partial charge in [0.2, 0.25) is 0 Å². The van der Waals surface area contributed by atoms with Gasteiger partial charge in [0.1, 0.15) is 24.7 Å². The molecule has 2 N–H and O–H groups in total. The second-order valence-corrected chi connectivity index (χ2v) is 9.66. The van der Waals surface area contributed by atoms with Gasteiger partial charge < -0.3 is 15.2 Å². The first-order chi connectivity index (χ1) is 16.4. The van der Waals surface area contributed by atoms with Crippen LogP contribution < -0.4 is 15.2 Å². The lowest BCUT2D eigenvalue weighted by atomic mass is 10.2. The molecule has 0 aliphatic carbocycles. The third kappa shape index (κ3) is 8.55. The fourth-order valence-electron chi connectivity index (χ4n) is 2.94. The topological polar surface area (TPSA) is 104 Å². The van der Waals surface area contributed by atoms with Crippen molar-refractivity contribution < 1.29 is 17.9 Å². The first-order valence-corrected chi connectivity index (χ1v) is 12.6. The lowest BCUT2D eigenvalue weighted by Gasteiger charge is -2.10. The predicted octanol–water partition coefficient (Wildman–Crippen LogP) is 4.45. The summed E-state index contributed by atoms with van der Waals surface area (Å²) in [5.74, 6) is 1.17. The largest absolute Gasteiger partial charge is 0.488 e. The number of hydrogen-bond acceptors (Lipinski definition) is 7. The molecule has 7 nitrogen and oxygen atoms in total. The molecule has 0 saturated heterocycles. The van der Waals surface area contributed by atoms with Gasteiger partial charge in [-0.1, -0.05) is 60.7 Å². The molecule has 2 aromatic heterocycles. The van der Waals surface area contributed by atoms with E-state index in [0.29, 0.717) is 36.0 Å². The number of nitrogens with two attached hydrogens (primary N) is 1. The molecule has 0 amide bonds. The molecule has 0 aliphatic heterocycles. The first kappa shape index (κ1) is 24.7. The minimum Gasteiger partial charge on any atom is -0.488 e. The molecule has 0 radical (unpaired) electrons.